The minimum Gasteiger partial charge on any atom is -0.505 e. The summed E-state index contributed by atoms with van der Waals surface area (Å²) in [5.41, 5.74) is 0.906. The van der Waals surface area contributed by atoms with Crippen LogP contribution in [0.5, 0.6) is 11.5 Å². The van der Waals surface area contributed by atoms with E-state index in [-0.39, 0.29) is 20.8 Å². The lowest BCUT2D eigenvalue weighted by atomic mass is 9.87. The average Bonchev–Trinajstić information content (AvgIpc) is 2.95. The zero-order valence-corrected chi connectivity index (χ0v) is 21.7. The molecular formula is C30H20F3NO5S. The molecule has 2 aromatic heterocycles. The molecule has 1 aliphatic rings. The van der Waals surface area contributed by atoms with Crippen LogP contribution in [0.25, 0.3) is 27.9 Å². The second-order valence-electron chi connectivity index (χ2n) is 9.22. The van der Waals surface area contributed by atoms with Gasteiger partial charge in [0.15, 0.2) is 11.3 Å². The van der Waals surface area contributed by atoms with Gasteiger partial charge in [0, 0.05) is 21.7 Å². The lowest BCUT2D eigenvalue weighted by Crippen LogP contribution is -2.25. The predicted molar refractivity (Wildman–Crippen MR) is 145 cm³/mol. The molecule has 40 heavy (non-hydrogen) atoms. The number of rotatable bonds is 4. The van der Waals surface area contributed by atoms with Crippen LogP contribution in [0.1, 0.15) is 16.7 Å². The van der Waals surface area contributed by atoms with E-state index in [1.165, 1.54) is 23.8 Å². The molecule has 0 spiro atoms. The topological polar surface area (TPSA) is 81.7 Å². The second-order valence-corrected chi connectivity index (χ2v) is 10.3. The molecule has 1 N–H and O–H groups in total. The van der Waals surface area contributed by atoms with E-state index < -0.39 is 28.7 Å². The number of halogens is 3. The average molecular weight is 564 g/mol. The van der Waals surface area contributed by atoms with Gasteiger partial charge >= 0.3 is 11.8 Å². The molecule has 202 valence electrons. The lowest BCUT2D eigenvalue weighted by molar-refractivity contribution is -0.137. The quantitative estimate of drug-likeness (QED) is 0.266. The number of aryl methyl sites for hydroxylation is 2. The Morgan fingerprint density at radius 2 is 1.73 bits per heavy atom. The van der Waals surface area contributed by atoms with Crippen LogP contribution < -0.4 is 15.9 Å². The molecule has 6 nitrogen and oxygen atoms in total. The Labute approximate surface area is 229 Å². The smallest absolute Gasteiger partial charge is 0.416 e. The van der Waals surface area contributed by atoms with Crippen LogP contribution in [0.3, 0.4) is 0 Å². The Bertz CT molecular complexity index is 1910. The van der Waals surface area contributed by atoms with Crippen LogP contribution in [0.15, 0.2) is 96.6 Å². The third-order valence-electron chi connectivity index (χ3n) is 6.89. The fourth-order valence-corrected chi connectivity index (χ4v) is 5.93. The molecule has 10 heteroatoms. The largest absolute Gasteiger partial charge is 0.505 e. The minimum absolute atomic E-state index is 0.0323. The minimum atomic E-state index is -4.59. The molecule has 0 saturated carbocycles. The Hall–Kier alpha value is -4.44. The molecule has 0 saturated heterocycles. The first kappa shape index (κ1) is 25.8. The molecular weight excluding hydrogens is 543 g/mol. The second kappa shape index (κ2) is 9.63. The monoisotopic (exact) mass is 563 g/mol. The van der Waals surface area contributed by atoms with E-state index in [0.717, 1.165) is 23.3 Å². The van der Waals surface area contributed by atoms with Gasteiger partial charge in [-0.1, -0.05) is 42.1 Å². The van der Waals surface area contributed by atoms with Gasteiger partial charge in [-0.3, -0.25) is 9.36 Å². The van der Waals surface area contributed by atoms with Gasteiger partial charge in [-0.15, -0.1) is 0 Å². The fraction of sp³-hybridized carbons (Fsp3) is 0.133. The van der Waals surface area contributed by atoms with Crippen LogP contribution in [-0.4, -0.2) is 16.8 Å². The number of hydrogen-bond acceptors (Lipinski definition) is 6. The number of methoxy groups -OCH3 is 1. The van der Waals surface area contributed by atoms with Gasteiger partial charge in [0.1, 0.15) is 16.0 Å². The maximum atomic E-state index is 14.1. The summed E-state index contributed by atoms with van der Waals surface area (Å²) in [5, 5.41) is 11.1. The van der Waals surface area contributed by atoms with Crippen LogP contribution in [-0.2, 0) is 19.0 Å². The highest BCUT2D eigenvalue weighted by Crippen LogP contribution is 2.42. The number of hydrogen-bond donors (Lipinski definition) is 1. The molecule has 6 rings (SSSR count). The molecule has 0 amide bonds. The molecule has 0 radical (unpaired) electrons. The lowest BCUT2D eigenvalue weighted by Gasteiger charge is -2.25. The third kappa shape index (κ3) is 4.24. The summed E-state index contributed by atoms with van der Waals surface area (Å²) >= 11 is 0.606. The normalized spacial score (nSPS) is 12.7. The van der Waals surface area contributed by atoms with Crippen molar-refractivity contribution >= 4 is 22.7 Å². The Morgan fingerprint density at radius 3 is 2.45 bits per heavy atom. The highest BCUT2D eigenvalue weighted by atomic mass is 32.2. The number of ether oxygens (including phenoxy) is 1. The number of aromatic hydroxyl groups is 1. The zero-order chi connectivity index (χ0) is 28.2. The summed E-state index contributed by atoms with van der Waals surface area (Å²) in [6.45, 7) is 0. The molecule has 0 aliphatic heterocycles. The highest BCUT2D eigenvalue weighted by molar-refractivity contribution is 7.99. The van der Waals surface area contributed by atoms with Gasteiger partial charge in [0.2, 0.25) is 0 Å². The van der Waals surface area contributed by atoms with Gasteiger partial charge < -0.3 is 14.3 Å². The van der Waals surface area contributed by atoms with E-state index in [0.29, 0.717) is 47.3 Å². The molecule has 1 aliphatic carbocycles. The first-order valence-corrected chi connectivity index (χ1v) is 13.0. The number of nitrogens with zero attached hydrogens (tertiary/aromatic N) is 1. The number of benzene rings is 3. The summed E-state index contributed by atoms with van der Waals surface area (Å²) in [6, 6.07) is 18.8. The van der Waals surface area contributed by atoms with Crippen molar-refractivity contribution in [3.63, 3.8) is 0 Å². The third-order valence-corrected chi connectivity index (χ3v) is 7.94. The van der Waals surface area contributed by atoms with Gasteiger partial charge in [-0.25, -0.2) is 4.79 Å². The zero-order valence-electron chi connectivity index (χ0n) is 20.9. The van der Waals surface area contributed by atoms with E-state index in [1.54, 1.807) is 24.3 Å². The van der Waals surface area contributed by atoms with Gasteiger partial charge in [-0.05, 0) is 60.9 Å². The molecule has 0 fully saturated rings. The molecule has 0 bridgehead atoms. The van der Waals surface area contributed by atoms with E-state index in [1.807, 2.05) is 24.3 Å². The first-order valence-electron chi connectivity index (χ1n) is 12.2. The summed E-state index contributed by atoms with van der Waals surface area (Å²) in [5.74, 6) is -0.0527. The number of aromatic nitrogens is 1. The molecule has 0 atom stereocenters. The first-order chi connectivity index (χ1) is 19.2. The van der Waals surface area contributed by atoms with Crippen molar-refractivity contribution in [3.05, 3.63) is 110 Å². The predicted octanol–water partition coefficient (Wildman–Crippen LogP) is 6.59. The SMILES string of the molecule is COc1ccc(-n2c3c(c4oc(=O)c(Sc5cccc(C(F)(F)F)c5)c(O)c4c2=O)CCc2ccccc2-3)cc1. The summed E-state index contributed by atoms with van der Waals surface area (Å²) in [4.78, 5) is 26.9. The molecule has 2 heterocycles. The standard InChI is InChI=1S/C30H20F3NO5S/c1-38-19-12-10-18(11-13-19)34-24-21-8-3-2-5-16(21)9-14-22(24)26-23(28(34)36)25(35)27(29(37)39-26)40-20-7-4-6-17(15-20)30(31,32)33/h2-8,10-13,15,35H,9,14H2,1H3. The van der Waals surface area contributed by atoms with Crippen molar-refractivity contribution in [2.75, 3.05) is 7.11 Å². The molecule has 5 aromatic rings. The van der Waals surface area contributed by atoms with E-state index in [4.69, 9.17) is 9.15 Å². The van der Waals surface area contributed by atoms with Crippen molar-refractivity contribution in [1.82, 2.24) is 4.57 Å². The number of pyridine rings is 1. The van der Waals surface area contributed by atoms with Crippen molar-refractivity contribution < 1.29 is 27.4 Å². The van der Waals surface area contributed by atoms with Gasteiger partial charge in [0.25, 0.3) is 5.56 Å². The van der Waals surface area contributed by atoms with Gasteiger partial charge in [-0.2, -0.15) is 13.2 Å². The van der Waals surface area contributed by atoms with Crippen LogP contribution in [0.2, 0.25) is 0 Å². The molecule has 0 unspecified atom stereocenters. The van der Waals surface area contributed by atoms with Crippen LogP contribution in [0, 0.1) is 0 Å². The molecule has 3 aromatic carbocycles. The summed E-state index contributed by atoms with van der Waals surface area (Å²) < 4.78 is 52.2. The maximum absolute atomic E-state index is 14.1. The van der Waals surface area contributed by atoms with E-state index in [2.05, 4.69) is 0 Å². The Kier molecular flexibility index (Phi) is 6.22. The van der Waals surface area contributed by atoms with Crippen molar-refractivity contribution in [2.45, 2.75) is 28.8 Å². The summed E-state index contributed by atoms with van der Waals surface area (Å²) in [6.07, 6.45) is -3.54. The number of alkyl halides is 3. The van der Waals surface area contributed by atoms with E-state index in [9.17, 15) is 27.9 Å². The van der Waals surface area contributed by atoms with Crippen LogP contribution in [0.4, 0.5) is 13.2 Å². The Morgan fingerprint density at radius 1 is 0.975 bits per heavy atom. The van der Waals surface area contributed by atoms with Crippen molar-refractivity contribution in [3.8, 4) is 28.4 Å². The maximum Gasteiger partial charge on any atom is 0.416 e. The van der Waals surface area contributed by atoms with E-state index >= 15 is 0 Å². The van der Waals surface area contributed by atoms with Crippen molar-refractivity contribution in [2.24, 2.45) is 0 Å². The summed E-state index contributed by atoms with van der Waals surface area (Å²) in [7, 11) is 1.53. The fourth-order valence-electron chi connectivity index (χ4n) is 5.04. The van der Waals surface area contributed by atoms with Gasteiger partial charge in [0.05, 0.1) is 18.4 Å². The van der Waals surface area contributed by atoms with Crippen LogP contribution >= 0.6 is 11.8 Å². The Balaban J connectivity index is 1.64. The number of fused-ring (bicyclic) bond motifs is 5. The van der Waals surface area contributed by atoms with Crippen molar-refractivity contribution in [1.29, 1.82) is 0 Å². The highest BCUT2D eigenvalue weighted by Gasteiger charge is 2.32.